The highest BCUT2D eigenvalue weighted by molar-refractivity contribution is 9.10. The largest absolute Gasteiger partial charge is 0.353 e. The fourth-order valence-corrected chi connectivity index (χ4v) is 3.22. The number of halogens is 1. The van der Waals surface area contributed by atoms with Gasteiger partial charge in [0.25, 0.3) is 5.91 Å². The predicted molar refractivity (Wildman–Crippen MR) is 98.7 cm³/mol. The summed E-state index contributed by atoms with van der Waals surface area (Å²) in [5.41, 5.74) is 3.00. The molecule has 0 saturated heterocycles. The van der Waals surface area contributed by atoms with Crippen molar-refractivity contribution < 1.29 is 4.79 Å². The van der Waals surface area contributed by atoms with Crippen molar-refractivity contribution >= 4 is 50.4 Å². The summed E-state index contributed by atoms with van der Waals surface area (Å²) in [4.78, 5) is 16.9. The van der Waals surface area contributed by atoms with Crippen molar-refractivity contribution in [2.45, 2.75) is 6.92 Å². The molecule has 116 valence electrons. The molecule has 0 atom stereocenters. The molecule has 3 rings (SSSR count). The van der Waals surface area contributed by atoms with Gasteiger partial charge in [0.1, 0.15) is 5.82 Å². The summed E-state index contributed by atoms with van der Waals surface area (Å²) in [7, 11) is 0. The zero-order chi connectivity index (χ0) is 16.2. The van der Waals surface area contributed by atoms with Gasteiger partial charge < -0.3 is 10.6 Å². The quantitative estimate of drug-likeness (QED) is 0.645. The van der Waals surface area contributed by atoms with E-state index < -0.39 is 0 Å². The fraction of sp³-hybridized carbons (Fsp3) is 0.0588. The van der Waals surface area contributed by atoms with E-state index in [0.29, 0.717) is 10.7 Å². The number of carbonyl (C=O) groups excluding carboxylic acids is 1. The maximum absolute atomic E-state index is 12.0. The molecular weight excluding hydrogens is 374 g/mol. The lowest BCUT2D eigenvalue weighted by Crippen LogP contribution is -2.11. The summed E-state index contributed by atoms with van der Waals surface area (Å²) < 4.78 is 0.993. The van der Waals surface area contributed by atoms with Crippen LogP contribution >= 0.6 is 27.3 Å². The van der Waals surface area contributed by atoms with E-state index in [-0.39, 0.29) is 5.91 Å². The molecular formula is C17H14BrN3OS. The van der Waals surface area contributed by atoms with Gasteiger partial charge in [0, 0.05) is 4.47 Å². The molecule has 6 heteroatoms. The van der Waals surface area contributed by atoms with Crippen molar-refractivity contribution in [3.8, 4) is 0 Å². The maximum atomic E-state index is 12.0. The van der Waals surface area contributed by atoms with Crippen molar-refractivity contribution in [3.63, 3.8) is 0 Å². The standard InChI is InChI=1S/C17H14BrN3OS/c1-11-4-6-14(13(18)9-11)20-12-5-7-16(19-10-12)21-17(22)15-3-2-8-23-15/h2-10,20H,1H3,(H,19,21,22). The molecule has 2 aromatic heterocycles. The molecule has 4 nitrogen and oxygen atoms in total. The second kappa shape index (κ2) is 6.93. The normalized spacial score (nSPS) is 10.3. The lowest BCUT2D eigenvalue weighted by molar-refractivity contribution is 0.103. The van der Waals surface area contributed by atoms with E-state index in [1.54, 1.807) is 18.3 Å². The van der Waals surface area contributed by atoms with Crippen LogP contribution in [0, 0.1) is 6.92 Å². The number of thiophene rings is 1. The van der Waals surface area contributed by atoms with Gasteiger partial charge in [-0.1, -0.05) is 12.1 Å². The molecule has 2 N–H and O–H groups in total. The molecule has 0 aliphatic carbocycles. The number of hydrogen-bond acceptors (Lipinski definition) is 4. The summed E-state index contributed by atoms with van der Waals surface area (Å²) in [6.07, 6.45) is 1.69. The highest BCUT2D eigenvalue weighted by Gasteiger charge is 2.07. The first kappa shape index (κ1) is 15.7. The van der Waals surface area contributed by atoms with Crippen LogP contribution in [-0.2, 0) is 0 Å². The number of carbonyl (C=O) groups is 1. The Morgan fingerprint density at radius 1 is 1.22 bits per heavy atom. The van der Waals surface area contributed by atoms with Gasteiger partial charge in [-0.15, -0.1) is 11.3 Å². The van der Waals surface area contributed by atoms with E-state index in [9.17, 15) is 4.79 Å². The van der Waals surface area contributed by atoms with Crippen LogP contribution in [0.3, 0.4) is 0 Å². The first-order chi connectivity index (χ1) is 11.1. The highest BCUT2D eigenvalue weighted by atomic mass is 79.9. The monoisotopic (exact) mass is 387 g/mol. The minimum absolute atomic E-state index is 0.144. The number of anilines is 3. The van der Waals surface area contributed by atoms with Gasteiger partial charge >= 0.3 is 0 Å². The first-order valence-corrected chi connectivity index (χ1v) is 8.63. The molecule has 0 unspecified atom stereocenters. The molecule has 0 fully saturated rings. The second-order valence-electron chi connectivity index (χ2n) is 4.97. The van der Waals surface area contributed by atoms with Crippen LogP contribution in [0.1, 0.15) is 15.2 Å². The number of nitrogens with one attached hydrogen (secondary N) is 2. The van der Waals surface area contributed by atoms with E-state index in [1.807, 2.05) is 42.6 Å². The molecule has 0 spiro atoms. The third-order valence-corrected chi connectivity index (χ3v) is 4.68. The van der Waals surface area contributed by atoms with Crippen LogP contribution in [0.15, 0.2) is 58.5 Å². The lowest BCUT2D eigenvalue weighted by Gasteiger charge is -2.10. The average Bonchev–Trinajstić information content (AvgIpc) is 3.06. The Bertz CT molecular complexity index is 816. The number of aryl methyl sites for hydroxylation is 1. The van der Waals surface area contributed by atoms with Gasteiger partial charge in [-0.25, -0.2) is 4.98 Å². The van der Waals surface area contributed by atoms with Gasteiger partial charge in [-0.3, -0.25) is 4.79 Å². The van der Waals surface area contributed by atoms with Crippen molar-refractivity contribution in [1.82, 2.24) is 4.98 Å². The van der Waals surface area contributed by atoms with Crippen molar-refractivity contribution in [2.75, 3.05) is 10.6 Å². The van der Waals surface area contributed by atoms with Crippen LogP contribution in [-0.4, -0.2) is 10.9 Å². The molecule has 0 bridgehead atoms. The van der Waals surface area contributed by atoms with E-state index in [2.05, 4.69) is 31.5 Å². The smallest absolute Gasteiger partial charge is 0.266 e. The Hall–Kier alpha value is -2.18. The van der Waals surface area contributed by atoms with Crippen LogP contribution in [0.5, 0.6) is 0 Å². The minimum Gasteiger partial charge on any atom is -0.353 e. The Kier molecular flexibility index (Phi) is 4.73. The minimum atomic E-state index is -0.144. The lowest BCUT2D eigenvalue weighted by atomic mass is 10.2. The number of hydrogen-bond donors (Lipinski definition) is 2. The number of rotatable bonds is 4. The van der Waals surface area contributed by atoms with Crippen LogP contribution in [0.4, 0.5) is 17.2 Å². The van der Waals surface area contributed by atoms with Gasteiger partial charge in [0.15, 0.2) is 0 Å². The fourth-order valence-electron chi connectivity index (χ4n) is 2.00. The van der Waals surface area contributed by atoms with Crippen LogP contribution in [0.2, 0.25) is 0 Å². The molecule has 0 aliphatic heterocycles. The molecule has 0 radical (unpaired) electrons. The zero-order valence-corrected chi connectivity index (χ0v) is 14.7. The van der Waals surface area contributed by atoms with Crippen LogP contribution in [0.25, 0.3) is 0 Å². The summed E-state index contributed by atoms with van der Waals surface area (Å²) >= 11 is 4.94. The van der Waals surface area contributed by atoms with E-state index in [4.69, 9.17) is 0 Å². The maximum Gasteiger partial charge on any atom is 0.266 e. The first-order valence-electron chi connectivity index (χ1n) is 6.96. The topological polar surface area (TPSA) is 54.0 Å². The third-order valence-electron chi connectivity index (χ3n) is 3.15. The van der Waals surface area contributed by atoms with Crippen molar-refractivity contribution in [3.05, 3.63) is 69.0 Å². The van der Waals surface area contributed by atoms with Crippen LogP contribution < -0.4 is 10.6 Å². The number of pyridine rings is 1. The number of aromatic nitrogens is 1. The summed E-state index contributed by atoms with van der Waals surface area (Å²) in [6.45, 7) is 2.04. The molecule has 1 amide bonds. The summed E-state index contributed by atoms with van der Waals surface area (Å²) in [5, 5.41) is 7.93. The molecule has 0 saturated carbocycles. The SMILES string of the molecule is Cc1ccc(Nc2ccc(NC(=O)c3cccs3)nc2)c(Br)c1. The second-order valence-corrected chi connectivity index (χ2v) is 6.77. The zero-order valence-electron chi connectivity index (χ0n) is 12.3. The van der Waals surface area contributed by atoms with Gasteiger partial charge in [-0.05, 0) is 64.1 Å². The molecule has 3 aromatic rings. The molecule has 23 heavy (non-hydrogen) atoms. The number of amides is 1. The van der Waals surface area contributed by atoms with E-state index in [0.717, 1.165) is 15.8 Å². The Morgan fingerprint density at radius 2 is 2.09 bits per heavy atom. The molecule has 0 aliphatic rings. The predicted octanol–water partition coefficient (Wildman–Crippen LogP) is 5.21. The van der Waals surface area contributed by atoms with Crippen molar-refractivity contribution in [1.29, 1.82) is 0 Å². The number of benzene rings is 1. The Labute approximate surface area is 146 Å². The molecule has 2 heterocycles. The van der Waals surface area contributed by atoms with Gasteiger partial charge in [0.2, 0.25) is 0 Å². The van der Waals surface area contributed by atoms with Crippen molar-refractivity contribution in [2.24, 2.45) is 0 Å². The summed E-state index contributed by atoms with van der Waals surface area (Å²) in [6, 6.07) is 13.4. The van der Waals surface area contributed by atoms with Gasteiger partial charge in [-0.2, -0.15) is 0 Å². The Morgan fingerprint density at radius 3 is 2.74 bits per heavy atom. The highest BCUT2D eigenvalue weighted by Crippen LogP contribution is 2.26. The Balaban J connectivity index is 1.68. The third kappa shape index (κ3) is 3.97. The van der Waals surface area contributed by atoms with E-state index >= 15 is 0 Å². The number of nitrogens with zero attached hydrogens (tertiary/aromatic N) is 1. The average molecular weight is 388 g/mol. The van der Waals surface area contributed by atoms with E-state index in [1.165, 1.54) is 16.9 Å². The summed E-state index contributed by atoms with van der Waals surface area (Å²) in [5.74, 6) is 0.381. The van der Waals surface area contributed by atoms with Gasteiger partial charge in [0.05, 0.1) is 22.4 Å². The molecule has 1 aromatic carbocycles.